The van der Waals surface area contributed by atoms with Gasteiger partial charge in [0, 0.05) is 24.1 Å². The van der Waals surface area contributed by atoms with Crippen molar-refractivity contribution in [1.82, 2.24) is 10.3 Å². The molecule has 1 heterocycles. The molecule has 0 spiro atoms. The summed E-state index contributed by atoms with van der Waals surface area (Å²) in [6, 6.07) is 20.4. The zero-order chi connectivity index (χ0) is 19.8. The predicted molar refractivity (Wildman–Crippen MR) is 108 cm³/mol. The maximum absolute atomic E-state index is 12.4. The molecule has 0 bridgehead atoms. The molecule has 0 saturated heterocycles. The number of carbonyl (C=O) groups excluding carboxylic acids is 1. The molecule has 6 heteroatoms. The van der Waals surface area contributed by atoms with Crippen molar-refractivity contribution in [3.63, 3.8) is 0 Å². The monoisotopic (exact) mass is 372 g/mol. The molecule has 0 aliphatic rings. The van der Waals surface area contributed by atoms with Crippen molar-refractivity contribution in [3.05, 3.63) is 83.7 Å². The Balaban J connectivity index is 1.61. The Labute approximate surface area is 163 Å². The minimum atomic E-state index is -0.246. The molecule has 0 aliphatic heterocycles. The molecule has 0 unspecified atom stereocenters. The van der Waals surface area contributed by atoms with Gasteiger partial charge in [0.1, 0.15) is 11.4 Å². The zero-order valence-corrected chi connectivity index (χ0v) is 15.5. The van der Waals surface area contributed by atoms with Crippen LogP contribution in [0.1, 0.15) is 21.6 Å². The van der Waals surface area contributed by atoms with Crippen LogP contribution in [0.2, 0.25) is 0 Å². The fraction of sp³-hybridized carbons (Fsp3) is 0.136. The summed E-state index contributed by atoms with van der Waals surface area (Å²) in [5.41, 5.74) is 3.41. The molecule has 28 heavy (non-hydrogen) atoms. The average molecular weight is 372 g/mol. The third-order valence-electron chi connectivity index (χ3n) is 4.15. The van der Waals surface area contributed by atoms with Crippen molar-refractivity contribution in [2.24, 2.45) is 0 Å². The second-order valence-corrected chi connectivity index (χ2v) is 6.07. The number of amides is 1. The second kappa shape index (κ2) is 9.19. The lowest BCUT2D eigenvalue weighted by molar-refractivity contribution is 0.0949. The van der Waals surface area contributed by atoms with Gasteiger partial charge in [-0.3, -0.25) is 9.78 Å². The number of hydrogen-bond acceptors (Lipinski definition) is 5. The molecule has 1 amide bonds. The first-order valence-electron chi connectivity index (χ1n) is 8.83. The molecule has 1 aromatic heterocycles. The molecular formula is C22H20N4O2. The number of carbonyl (C=O) groups is 1. The Morgan fingerprint density at radius 1 is 1.11 bits per heavy atom. The van der Waals surface area contributed by atoms with Crippen LogP contribution in [0.25, 0.3) is 0 Å². The zero-order valence-electron chi connectivity index (χ0n) is 15.5. The van der Waals surface area contributed by atoms with Gasteiger partial charge in [-0.05, 0) is 48.4 Å². The molecule has 0 radical (unpaired) electrons. The van der Waals surface area contributed by atoms with Gasteiger partial charge in [-0.2, -0.15) is 5.26 Å². The van der Waals surface area contributed by atoms with E-state index in [-0.39, 0.29) is 5.91 Å². The van der Waals surface area contributed by atoms with E-state index in [4.69, 9.17) is 10.00 Å². The number of aromatic nitrogens is 1. The largest absolute Gasteiger partial charge is 0.496 e. The van der Waals surface area contributed by atoms with Crippen molar-refractivity contribution in [2.45, 2.75) is 6.42 Å². The Morgan fingerprint density at radius 3 is 2.75 bits per heavy atom. The fourth-order valence-electron chi connectivity index (χ4n) is 2.78. The molecule has 3 rings (SSSR count). The van der Waals surface area contributed by atoms with Crippen LogP contribution in [0.3, 0.4) is 0 Å². The molecule has 6 nitrogen and oxygen atoms in total. The molecule has 2 N–H and O–H groups in total. The number of benzene rings is 2. The molecule has 0 saturated carbocycles. The highest BCUT2D eigenvalue weighted by Gasteiger charge is 2.09. The van der Waals surface area contributed by atoms with Gasteiger partial charge in [-0.1, -0.05) is 24.3 Å². The van der Waals surface area contributed by atoms with Crippen LogP contribution in [-0.4, -0.2) is 24.5 Å². The van der Waals surface area contributed by atoms with Gasteiger partial charge >= 0.3 is 0 Å². The average Bonchev–Trinajstić information content (AvgIpc) is 2.74. The number of para-hydroxylation sites is 1. The highest BCUT2D eigenvalue weighted by atomic mass is 16.5. The topological polar surface area (TPSA) is 87.0 Å². The lowest BCUT2D eigenvalue weighted by Gasteiger charge is -2.10. The lowest BCUT2D eigenvalue weighted by atomic mass is 10.1. The number of methoxy groups -OCH3 is 1. The standard InChI is InChI=1S/C22H20N4O2/c1-28-21-8-3-2-6-17(21)9-11-25-22(27)20-14-19(10-12-24-20)26-18-7-4-5-16(13-18)15-23/h2-8,10,12-14H,9,11H2,1H3,(H,24,26)(H,25,27). The summed E-state index contributed by atoms with van der Waals surface area (Å²) < 4.78 is 5.32. The summed E-state index contributed by atoms with van der Waals surface area (Å²) in [6.07, 6.45) is 2.24. The van der Waals surface area contributed by atoms with Crippen molar-refractivity contribution >= 4 is 17.3 Å². The van der Waals surface area contributed by atoms with E-state index in [1.807, 2.05) is 30.3 Å². The number of rotatable bonds is 7. The van der Waals surface area contributed by atoms with E-state index < -0.39 is 0 Å². The number of nitrogens with one attached hydrogen (secondary N) is 2. The minimum absolute atomic E-state index is 0.246. The maximum atomic E-state index is 12.4. The Bertz CT molecular complexity index is 1010. The van der Waals surface area contributed by atoms with Gasteiger partial charge in [0.25, 0.3) is 5.91 Å². The van der Waals surface area contributed by atoms with Crippen molar-refractivity contribution in [3.8, 4) is 11.8 Å². The quantitative estimate of drug-likeness (QED) is 0.661. The lowest BCUT2D eigenvalue weighted by Crippen LogP contribution is -2.26. The number of ether oxygens (including phenoxy) is 1. The molecule has 140 valence electrons. The van der Waals surface area contributed by atoms with Crippen LogP contribution >= 0.6 is 0 Å². The van der Waals surface area contributed by atoms with Gasteiger partial charge in [0.2, 0.25) is 0 Å². The summed E-state index contributed by atoms with van der Waals surface area (Å²) in [7, 11) is 1.63. The van der Waals surface area contributed by atoms with E-state index >= 15 is 0 Å². The van der Waals surface area contributed by atoms with Crippen LogP contribution < -0.4 is 15.4 Å². The summed E-state index contributed by atoms with van der Waals surface area (Å²) in [4.78, 5) is 16.6. The third-order valence-corrected chi connectivity index (χ3v) is 4.15. The first kappa shape index (κ1) is 18.9. The highest BCUT2D eigenvalue weighted by molar-refractivity contribution is 5.93. The molecule has 0 fully saturated rings. The second-order valence-electron chi connectivity index (χ2n) is 6.07. The Morgan fingerprint density at radius 2 is 1.93 bits per heavy atom. The fourth-order valence-corrected chi connectivity index (χ4v) is 2.78. The molecular weight excluding hydrogens is 352 g/mol. The van der Waals surface area contributed by atoms with Crippen LogP contribution in [0, 0.1) is 11.3 Å². The summed E-state index contributed by atoms with van der Waals surface area (Å²) in [6.45, 7) is 0.475. The smallest absolute Gasteiger partial charge is 0.269 e. The number of nitrogens with zero attached hydrogens (tertiary/aromatic N) is 2. The Kier molecular flexibility index (Phi) is 6.21. The molecule has 2 aromatic carbocycles. The van der Waals surface area contributed by atoms with Crippen molar-refractivity contribution in [2.75, 3.05) is 19.0 Å². The molecule has 0 atom stereocenters. The first-order chi connectivity index (χ1) is 13.7. The summed E-state index contributed by atoms with van der Waals surface area (Å²) >= 11 is 0. The van der Waals surface area contributed by atoms with Gasteiger partial charge in [0.15, 0.2) is 0 Å². The summed E-state index contributed by atoms with van der Waals surface area (Å²) in [5, 5.41) is 15.1. The summed E-state index contributed by atoms with van der Waals surface area (Å²) in [5.74, 6) is 0.560. The van der Waals surface area contributed by atoms with Gasteiger partial charge < -0.3 is 15.4 Å². The first-order valence-corrected chi connectivity index (χ1v) is 8.83. The number of nitriles is 1. The normalized spacial score (nSPS) is 10.0. The SMILES string of the molecule is COc1ccccc1CCNC(=O)c1cc(Nc2cccc(C#N)c2)ccn1. The van der Waals surface area contributed by atoms with E-state index in [9.17, 15) is 4.79 Å². The van der Waals surface area contributed by atoms with E-state index in [2.05, 4.69) is 21.7 Å². The van der Waals surface area contributed by atoms with Gasteiger partial charge in [-0.15, -0.1) is 0 Å². The number of hydrogen-bond donors (Lipinski definition) is 2. The van der Waals surface area contributed by atoms with E-state index in [0.717, 1.165) is 22.7 Å². The predicted octanol–water partition coefficient (Wildman–Crippen LogP) is 3.68. The third kappa shape index (κ3) is 4.86. The number of pyridine rings is 1. The van der Waals surface area contributed by atoms with Gasteiger partial charge in [-0.25, -0.2) is 0 Å². The van der Waals surface area contributed by atoms with Crippen molar-refractivity contribution in [1.29, 1.82) is 5.26 Å². The van der Waals surface area contributed by atoms with E-state index in [0.29, 0.717) is 24.2 Å². The van der Waals surface area contributed by atoms with E-state index in [1.54, 1.807) is 43.6 Å². The maximum Gasteiger partial charge on any atom is 0.269 e. The van der Waals surface area contributed by atoms with Crippen LogP contribution in [-0.2, 0) is 6.42 Å². The van der Waals surface area contributed by atoms with Crippen LogP contribution in [0.5, 0.6) is 5.75 Å². The highest BCUT2D eigenvalue weighted by Crippen LogP contribution is 2.19. The molecule has 0 aliphatic carbocycles. The van der Waals surface area contributed by atoms with Crippen molar-refractivity contribution < 1.29 is 9.53 Å². The molecule has 3 aromatic rings. The number of anilines is 2. The van der Waals surface area contributed by atoms with E-state index in [1.165, 1.54) is 0 Å². The van der Waals surface area contributed by atoms with Crippen LogP contribution in [0.15, 0.2) is 66.9 Å². The van der Waals surface area contributed by atoms with Gasteiger partial charge in [0.05, 0.1) is 18.7 Å². The van der Waals surface area contributed by atoms with Crippen LogP contribution in [0.4, 0.5) is 11.4 Å². The minimum Gasteiger partial charge on any atom is -0.496 e. The Hall–Kier alpha value is -3.85.